The molecule has 1 aliphatic heterocycles. The highest BCUT2D eigenvalue weighted by atomic mass is 16.2. The van der Waals surface area contributed by atoms with Crippen molar-refractivity contribution in [2.45, 2.75) is 70.5 Å². The number of carbonyl (C=O) groups excluding carboxylic acids is 1. The molecule has 2 aliphatic carbocycles. The number of hydrogen-bond donors (Lipinski definition) is 1. The minimum atomic E-state index is 0.339. The second kappa shape index (κ2) is 5.20. The lowest BCUT2D eigenvalue weighted by molar-refractivity contribution is -0.131. The maximum atomic E-state index is 12.2. The molecule has 3 rings (SSSR count). The van der Waals surface area contributed by atoms with Crippen LogP contribution in [-0.4, -0.2) is 29.6 Å². The molecule has 0 aromatic carbocycles. The molecule has 2 saturated carbocycles. The van der Waals surface area contributed by atoms with Crippen molar-refractivity contribution < 1.29 is 4.79 Å². The molecular formula is C15H26N2O. The van der Waals surface area contributed by atoms with E-state index in [9.17, 15) is 4.79 Å². The monoisotopic (exact) mass is 250 g/mol. The van der Waals surface area contributed by atoms with Crippen LogP contribution in [0.5, 0.6) is 0 Å². The van der Waals surface area contributed by atoms with Crippen molar-refractivity contribution >= 4 is 5.91 Å². The van der Waals surface area contributed by atoms with Crippen LogP contribution in [0.25, 0.3) is 0 Å². The molecule has 0 radical (unpaired) electrons. The molecule has 0 aromatic rings. The van der Waals surface area contributed by atoms with Crippen molar-refractivity contribution in [2.75, 3.05) is 6.54 Å². The summed E-state index contributed by atoms with van der Waals surface area (Å²) < 4.78 is 0. The maximum absolute atomic E-state index is 12.2. The third kappa shape index (κ3) is 2.18. The smallest absolute Gasteiger partial charge is 0.238 e. The van der Waals surface area contributed by atoms with Crippen molar-refractivity contribution in [3.63, 3.8) is 0 Å². The number of carbonyl (C=O) groups is 1. The fourth-order valence-electron chi connectivity index (χ4n) is 4.35. The van der Waals surface area contributed by atoms with Gasteiger partial charge in [-0.1, -0.05) is 25.7 Å². The third-order valence-electron chi connectivity index (χ3n) is 5.42. The van der Waals surface area contributed by atoms with Crippen molar-refractivity contribution in [2.24, 2.45) is 11.8 Å². The summed E-state index contributed by atoms with van der Waals surface area (Å²) in [6.07, 6.45) is 11.0. The Morgan fingerprint density at radius 1 is 1.11 bits per heavy atom. The topological polar surface area (TPSA) is 32.3 Å². The Balaban J connectivity index is 1.71. The zero-order valence-electron chi connectivity index (χ0n) is 11.5. The van der Waals surface area contributed by atoms with Crippen LogP contribution in [0.15, 0.2) is 0 Å². The van der Waals surface area contributed by atoms with Gasteiger partial charge >= 0.3 is 0 Å². The minimum Gasteiger partial charge on any atom is -0.323 e. The average molecular weight is 250 g/mol. The molecule has 102 valence electrons. The van der Waals surface area contributed by atoms with Crippen LogP contribution in [0.1, 0.15) is 58.3 Å². The Kier molecular flexibility index (Phi) is 3.60. The van der Waals surface area contributed by atoms with Gasteiger partial charge in [0.2, 0.25) is 5.91 Å². The lowest BCUT2D eigenvalue weighted by Crippen LogP contribution is -2.49. The molecule has 1 heterocycles. The quantitative estimate of drug-likeness (QED) is 0.834. The van der Waals surface area contributed by atoms with Gasteiger partial charge in [0.1, 0.15) is 0 Å². The average Bonchev–Trinajstić information content (AvgIpc) is 3.10. The van der Waals surface area contributed by atoms with Crippen molar-refractivity contribution in [3.8, 4) is 0 Å². The summed E-state index contributed by atoms with van der Waals surface area (Å²) in [5.74, 6) is 1.80. The zero-order chi connectivity index (χ0) is 12.5. The molecule has 1 saturated heterocycles. The van der Waals surface area contributed by atoms with E-state index in [-0.39, 0.29) is 0 Å². The van der Waals surface area contributed by atoms with E-state index in [0.717, 1.165) is 5.92 Å². The molecule has 1 amide bonds. The second-order valence-corrected chi connectivity index (χ2v) is 6.46. The van der Waals surface area contributed by atoms with Gasteiger partial charge < -0.3 is 4.90 Å². The molecule has 0 spiro atoms. The Morgan fingerprint density at radius 2 is 1.72 bits per heavy atom. The van der Waals surface area contributed by atoms with Crippen molar-refractivity contribution in [1.82, 2.24) is 10.2 Å². The normalized spacial score (nSPS) is 32.6. The van der Waals surface area contributed by atoms with Crippen LogP contribution in [0.4, 0.5) is 0 Å². The molecule has 3 heteroatoms. The van der Waals surface area contributed by atoms with E-state index in [2.05, 4.69) is 17.1 Å². The van der Waals surface area contributed by atoms with Gasteiger partial charge in [-0.25, -0.2) is 0 Å². The summed E-state index contributed by atoms with van der Waals surface area (Å²) in [5.41, 5.74) is 0. The van der Waals surface area contributed by atoms with Gasteiger partial charge in [0, 0.05) is 6.04 Å². The Labute approximate surface area is 110 Å². The number of nitrogens with one attached hydrogen (secondary N) is 1. The van der Waals surface area contributed by atoms with Gasteiger partial charge in [-0.05, 0) is 44.4 Å². The first kappa shape index (κ1) is 12.5. The standard InChI is InChI=1S/C15H26N2O/c1-11(12-6-2-3-7-12)17-14(18)10-16-15(17)13-8-4-5-9-13/h11-13,15-16H,2-10H2,1H3. The van der Waals surface area contributed by atoms with E-state index in [4.69, 9.17) is 0 Å². The molecular weight excluding hydrogens is 224 g/mol. The third-order valence-corrected chi connectivity index (χ3v) is 5.42. The summed E-state index contributed by atoms with van der Waals surface area (Å²) in [6, 6.07) is 0.445. The number of amides is 1. The molecule has 1 N–H and O–H groups in total. The van der Waals surface area contributed by atoms with Crippen LogP contribution < -0.4 is 5.32 Å². The molecule has 3 aliphatic rings. The Bertz CT molecular complexity index is 306. The predicted octanol–water partition coefficient (Wildman–Crippen LogP) is 2.51. The van der Waals surface area contributed by atoms with E-state index in [1.54, 1.807) is 0 Å². The van der Waals surface area contributed by atoms with Gasteiger partial charge in [0.15, 0.2) is 0 Å². The molecule has 0 aromatic heterocycles. The van der Waals surface area contributed by atoms with Crippen LogP contribution >= 0.6 is 0 Å². The van der Waals surface area contributed by atoms with Crippen LogP contribution in [0.3, 0.4) is 0 Å². The van der Waals surface area contributed by atoms with Gasteiger partial charge in [0.25, 0.3) is 0 Å². The van der Waals surface area contributed by atoms with Gasteiger partial charge in [-0.2, -0.15) is 0 Å². The highest BCUT2D eigenvalue weighted by molar-refractivity contribution is 5.81. The highest BCUT2D eigenvalue weighted by Gasteiger charge is 2.41. The van der Waals surface area contributed by atoms with Gasteiger partial charge in [-0.15, -0.1) is 0 Å². The Morgan fingerprint density at radius 3 is 2.39 bits per heavy atom. The zero-order valence-corrected chi connectivity index (χ0v) is 11.5. The van der Waals surface area contributed by atoms with E-state index < -0.39 is 0 Å². The van der Waals surface area contributed by atoms with Gasteiger partial charge in [-0.3, -0.25) is 10.1 Å². The predicted molar refractivity (Wildman–Crippen MR) is 72.0 cm³/mol. The van der Waals surface area contributed by atoms with Crippen molar-refractivity contribution in [3.05, 3.63) is 0 Å². The lowest BCUT2D eigenvalue weighted by Gasteiger charge is -2.36. The molecule has 2 unspecified atom stereocenters. The second-order valence-electron chi connectivity index (χ2n) is 6.46. The summed E-state index contributed by atoms with van der Waals surface area (Å²) in [6.45, 7) is 2.85. The van der Waals surface area contributed by atoms with Crippen LogP contribution in [-0.2, 0) is 4.79 Å². The highest BCUT2D eigenvalue weighted by Crippen LogP contribution is 2.36. The SMILES string of the molecule is CC(C1CCCC1)N1C(=O)CNC1C1CCCC1. The molecule has 0 bridgehead atoms. The first-order valence-corrected chi connectivity index (χ1v) is 7.82. The molecule has 18 heavy (non-hydrogen) atoms. The summed E-state index contributed by atoms with van der Waals surface area (Å²) in [4.78, 5) is 14.4. The summed E-state index contributed by atoms with van der Waals surface area (Å²) in [5, 5.41) is 3.48. The minimum absolute atomic E-state index is 0.339. The van der Waals surface area contributed by atoms with E-state index in [0.29, 0.717) is 30.6 Å². The number of rotatable bonds is 3. The molecule has 3 nitrogen and oxygen atoms in total. The maximum Gasteiger partial charge on any atom is 0.238 e. The summed E-state index contributed by atoms with van der Waals surface area (Å²) >= 11 is 0. The Hall–Kier alpha value is -0.570. The molecule has 3 fully saturated rings. The first-order chi connectivity index (χ1) is 8.77. The van der Waals surface area contributed by atoms with Crippen LogP contribution in [0.2, 0.25) is 0 Å². The largest absolute Gasteiger partial charge is 0.323 e. The lowest BCUT2D eigenvalue weighted by atomic mass is 9.95. The van der Waals surface area contributed by atoms with E-state index in [1.165, 1.54) is 51.4 Å². The fourth-order valence-corrected chi connectivity index (χ4v) is 4.35. The number of nitrogens with zero attached hydrogens (tertiary/aromatic N) is 1. The van der Waals surface area contributed by atoms with Gasteiger partial charge in [0.05, 0.1) is 12.7 Å². The van der Waals surface area contributed by atoms with Crippen molar-refractivity contribution in [1.29, 1.82) is 0 Å². The number of hydrogen-bond acceptors (Lipinski definition) is 2. The summed E-state index contributed by atoms with van der Waals surface area (Å²) in [7, 11) is 0. The van der Waals surface area contributed by atoms with E-state index >= 15 is 0 Å². The molecule has 2 atom stereocenters. The fraction of sp³-hybridized carbons (Fsp3) is 0.933. The van der Waals surface area contributed by atoms with Crippen LogP contribution in [0, 0.1) is 11.8 Å². The van der Waals surface area contributed by atoms with E-state index in [1.807, 2.05) is 0 Å². The first-order valence-electron chi connectivity index (χ1n) is 7.82.